The minimum absolute atomic E-state index is 0.329. The van der Waals surface area contributed by atoms with Crippen LogP contribution in [-0.2, 0) is 9.47 Å². The van der Waals surface area contributed by atoms with Crippen LogP contribution in [0.2, 0.25) is 0 Å². The second-order valence-corrected chi connectivity index (χ2v) is 3.51. The van der Waals surface area contributed by atoms with Crippen molar-refractivity contribution >= 4 is 0 Å². The van der Waals surface area contributed by atoms with Gasteiger partial charge in [-0.1, -0.05) is 6.08 Å². The predicted molar refractivity (Wildman–Crippen MR) is 53.1 cm³/mol. The summed E-state index contributed by atoms with van der Waals surface area (Å²) in [5.74, 6) is 0. The topological polar surface area (TPSA) is 79.2 Å². The fraction of sp³-hybridized carbons (Fsp3) is 0.800. The normalized spacial score (nSPS) is 35.7. The van der Waals surface area contributed by atoms with Crippen LogP contribution in [0.1, 0.15) is 12.8 Å². The van der Waals surface area contributed by atoms with Gasteiger partial charge in [0.1, 0.15) is 18.3 Å². The third kappa shape index (κ3) is 3.25. The molecule has 4 atom stereocenters. The van der Waals surface area contributed by atoms with Gasteiger partial charge >= 0.3 is 0 Å². The van der Waals surface area contributed by atoms with Crippen LogP contribution >= 0.6 is 0 Å². The van der Waals surface area contributed by atoms with Crippen molar-refractivity contribution in [2.24, 2.45) is 0 Å². The highest BCUT2D eigenvalue weighted by molar-refractivity contribution is 4.86. The maximum absolute atomic E-state index is 9.48. The standard InChI is InChI=1S/C10H18O5/c1-2-3-4-5-14-10-9(13)8(12)7(6-11)15-10/h2,7-13H,1,3-6H2/t7-,8-,9-,10?/m1/s1/i6+1. The van der Waals surface area contributed by atoms with Crippen LogP contribution in [0, 0.1) is 0 Å². The molecule has 1 rings (SSSR count). The lowest BCUT2D eigenvalue weighted by Crippen LogP contribution is -2.34. The zero-order valence-electron chi connectivity index (χ0n) is 8.58. The molecular weight excluding hydrogens is 201 g/mol. The van der Waals surface area contributed by atoms with Crippen LogP contribution in [0.4, 0.5) is 0 Å². The average Bonchev–Trinajstić information content (AvgIpc) is 2.52. The highest BCUT2D eigenvalue weighted by Crippen LogP contribution is 2.21. The zero-order valence-corrected chi connectivity index (χ0v) is 8.58. The van der Waals surface area contributed by atoms with Crippen molar-refractivity contribution in [3.63, 3.8) is 0 Å². The Hall–Kier alpha value is -0.460. The van der Waals surface area contributed by atoms with Gasteiger partial charge < -0.3 is 24.8 Å². The van der Waals surface area contributed by atoms with Gasteiger partial charge in [0, 0.05) is 0 Å². The van der Waals surface area contributed by atoms with E-state index in [4.69, 9.17) is 14.6 Å². The number of aliphatic hydroxyl groups excluding tert-OH is 3. The largest absolute Gasteiger partial charge is 0.394 e. The summed E-state index contributed by atoms with van der Waals surface area (Å²) in [5.41, 5.74) is 0. The minimum atomic E-state index is -1.09. The highest BCUT2D eigenvalue weighted by atomic mass is 16.7. The Morgan fingerprint density at radius 1 is 1.33 bits per heavy atom. The van der Waals surface area contributed by atoms with Gasteiger partial charge in [-0.15, -0.1) is 6.58 Å². The number of hydrogen-bond donors (Lipinski definition) is 3. The maximum Gasteiger partial charge on any atom is 0.186 e. The number of aliphatic hydroxyl groups is 3. The molecule has 1 fully saturated rings. The molecule has 1 unspecified atom stereocenters. The number of rotatable bonds is 6. The summed E-state index contributed by atoms with van der Waals surface area (Å²) in [5, 5.41) is 27.7. The molecule has 1 heterocycles. The smallest absolute Gasteiger partial charge is 0.186 e. The van der Waals surface area contributed by atoms with Gasteiger partial charge in [-0.3, -0.25) is 0 Å². The first-order chi connectivity index (χ1) is 7.20. The Kier molecular flexibility index (Phi) is 5.21. The van der Waals surface area contributed by atoms with Crippen molar-refractivity contribution in [3.05, 3.63) is 12.7 Å². The minimum Gasteiger partial charge on any atom is -0.394 e. The first-order valence-electron chi connectivity index (χ1n) is 5.05. The number of ether oxygens (including phenoxy) is 2. The SMILES string of the molecule is C=CCCCOC1O[C@H]([13CH2]O)[C@@H](O)[C@H]1O. The molecule has 5 nitrogen and oxygen atoms in total. The van der Waals surface area contributed by atoms with Crippen LogP contribution in [0.5, 0.6) is 0 Å². The molecule has 15 heavy (non-hydrogen) atoms. The van der Waals surface area contributed by atoms with Crippen LogP contribution < -0.4 is 0 Å². The molecule has 3 N–H and O–H groups in total. The quantitative estimate of drug-likeness (QED) is 0.316. The monoisotopic (exact) mass is 219 g/mol. The first kappa shape index (κ1) is 12.6. The molecule has 0 aromatic heterocycles. The lowest BCUT2D eigenvalue weighted by atomic mass is 10.2. The third-order valence-corrected chi connectivity index (χ3v) is 2.33. The molecule has 0 radical (unpaired) electrons. The summed E-state index contributed by atoms with van der Waals surface area (Å²) in [6, 6.07) is 0. The van der Waals surface area contributed by atoms with Crippen molar-refractivity contribution in [2.75, 3.05) is 13.2 Å². The van der Waals surface area contributed by atoms with Gasteiger partial charge in [0.25, 0.3) is 0 Å². The van der Waals surface area contributed by atoms with Crippen molar-refractivity contribution in [2.45, 2.75) is 37.4 Å². The third-order valence-electron chi connectivity index (χ3n) is 2.33. The molecular formula is C10H18O5. The fourth-order valence-corrected chi connectivity index (χ4v) is 1.43. The van der Waals surface area contributed by atoms with Gasteiger partial charge in [-0.25, -0.2) is 0 Å². The van der Waals surface area contributed by atoms with Crippen molar-refractivity contribution in [1.82, 2.24) is 0 Å². The molecule has 1 aliphatic rings. The molecule has 0 amide bonds. The van der Waals surface area contributed by atoms with E-state index in [9.17, 15) is 10.2 Å². The predicted octanol–water partition coefficient (Wildman–Crippen LogP) is -0.592. The van der Waals surface area contributed by atoms with Crippen LogP contribution in [0.15, 0.2) is 12.7 Å². The Morgan fingerprint density at radius 2 is 2.07 bits per heavy atom. The molecule has 1 aliphatic heterocycles. The van der Waals surface area contributed by atoms with E-state index in [-0.39, 0.29) is 6.61 Å². The highest BCUT2D eigenvalue weighted by Gasteiger charge is 2.42. The molecule has 1 saturated heterocycles. The van der Waals surface area contributed by atoms with Gasteiger partial charge in [-0.2, -0.15) is 0 Å². The summed E-state index contributed by atoms with van der Waals surface area (Å²) >= 11 is 0. The molecule has 88 valence electrons. The number of hydrogen-bond acceptors (Lipinski definition) is 5. The van der Waals surface area contributed by atoms with E-state index in [1.807, 2.05) is 0 Å². The Morgan fingerprint density at radius 3 is 2.60 bits per heavy atom. The van der Waals surface area contributed by atoms with E-state index in [0.717, 1.165) is 12.8 Å². The Balaban J connectivity index is 2.27. The van der Waals surface area contributed by atoms with Crippen molar-refractivity contribution < 1.29 is 24.8 Å². The summed E-state index contributed by atoms with van der Waals surface area (Å²) in [7, 11) is 0. The van der Waals surface area contributed by atoms with E-state index in [1.54, 1.807) is 6.08 Å². The molecule has 0 spiro atoms. The van der Waals surface area contributed by atoms with Crippen molar-refractivity contribution in [3.8, 4) is 0 Å². The summed E-state index contributed by atoms with van der Waals surface area (Å²) < 4.78 is 10.3. The lowest BCUT2D eigenvalue weighted by molar-refractivity contribution is -0.169. The van der Waals surface area contributed by atoms with E-state index < -0.39 is 24.6 Å². The first-order valence-corrected chi connectivity index (χ1v) is 5.05. The van der Waals surface area contributed by atoms with Gasteiger partial charge in [-0.05, 0) is 12.8 Å². The van der Waals surface area contributed by atoms with Crippen LogP contribution in [-0.4, -0.2) is 53.1 Å². The lowest BCUT2D eigenvalue weighted by Gasteiger charge is -2.14. The van der Waals surface area contributed by atoms with E-state index in [2.05, 4.69) is 6.58 Å². The van der Waals surface area contributed by atoms with Gasteiger partial charge in [0.05, 0.1) is 13.2 Å². The Bertz CT molecular complexity index is 196. The molecule has 5 heteroatoms. The molecule has 0 saturated carbocycles. The molecule has 0 aliphatic carbocycles. The fourth-order valence-electron chi connectivity index (χ4n) is 1.43. The zero-order chi connectivity index (χ0) is 11.3. The molecule has 0 aromatic rings. The van der Waals surface area contributed by atoms with E-state index >= 15 is 0 Å². The van der Waals surface area contributed by atoms with Crippen LogP contribution in [0.3, 0.4) is 0 Å². The second-order valence-electron chi connectivity index (χ2n) is 3.51. The van der Waals surface area contributed by atoms with Crippen LogP contribution in [0.25, 0.3) is 0 Å². The van der Waals surface area contributed by atoms with Gasteiger partial charge in [0.15, 0.2) is 6.29 Å². The number of unbranched alkanes of at least 4 members (excludes halogenated alkanes) is 1. The maximum atomic E-state index is 9.48. The Labute approximate surface area is 88.9 Å². The molecule has 0 bridgehead atoms. The molecule has 0 aromatic carbocycles. The number of allylic oxidation sites excluding steroid dienone is 1. The van der Waals surface area contributed by atoms with Crippen molar-refractivity contribution in [1.29, 1.82) is 0 Å². The average molecular weight is 219 g/mol. The van der Waals surface area contributed by atoms with E-state index in [0.29, 0.717) is 6.61 Å². The summed E-state index contributed by atoms with van der Waals surface area (Å²) in [6.45, 7) is 3.67. The van der Waals surface area contributed by atoms with Gasteiger partial charge in [0.2, 0.25) is 0 Å². The summed E-state index contributed by atoms with van der Waals surface area (Å²) in [6.07, 6.45) is -0.387. The van der Waals surface area contributed by atoms with E-state index in [1.165, 1.54) is 0 Å². The summed E-state index contributed by atoms with van der Waals surface area (Å²) in [4.78, 5) is 0. The second kappa shape index (κ2) is 6.19.